The van der Waals surface area contributed by atoms with Gasteiger partial charge in [0.2, 0.25) is 0 Å². The van der Waals surface area contributed by atoms with Gasteiger partial charge in [0, 0.05) is 45.0 Å². The topological polar surface area (TPSA) is 73.8 Å². The van der Waals surface area contributed by atoms with Gasteiger partial charge in [0.15, 0.2) is 5.96 Å². The van der Waals surface area contributed by atoms with E-state index in [1.165, 1.54) is 17.4 Å². The summed E-state index contributed by atoms with van der Waals surface area (Å²) in [5.41, 5.74) is 2.68. The molecule has 7 heteroatoms. The number of nitrogens with one attached hydrogen (secondary N) is 2. The molecule has 0 atom stereocenters. The summed E-state index contributed by atoms with van der Waals surface area (Å²) in [5, 5.41) is 6.88. The minimum absolute atomic E-state index is 0.244. The second kappa shape index (κ2) is 11.4. The van der Waals surface area contributed by atoms with Crippen molar-refractivity contribution in [3.63, 3.8) is 0 Å². The molecule has 2 rings (SSSR count). The van der Waals surface area contributed by atoms with Crippen LogP contribution in [0.4, 0.5) is 0 Å². The molecule has 0 aromatic heterocycles. The summed E-state index contributed by atoms with van der Waals surface area (Å²) < 4.78 is 22.7. The van der Waals surface area contributed by atoms with Crippen molar-refractivity contribution in [3.8, 4) is 0 Å². The Morgan fingerprint density at radius 2 is 1.79 bits per heavy atom. The Morgan fingerprint density at radius 3 is 2.36 bits per heavy atom. The molecule has 0 spiro atoms. The molecule has 0 aliphatic carbocycles. The summed E-state index contributed by atoms with van der Waals surface area (Å²) in [6.45, 7) is 8.33. The number of aryl methyl sites for hydroxylation is 1. The highest BCUT2D eigenvalue weighted by molar-refractivity contribution is 7.90. The summed E-state index contributed by atoms with van der Waals surface area (Å²) in [4.78, 5) is 6.97. The predicted octanol–water partition coefficient (Wildman–Crippen LogP) is 1.86. The maximum absolute atomic E-state index is 11.3. The molecule has 0 saturated carbocycles. The predicted molar refractivity (Wildman–Crippen MR) is 118 cm³/mol. The smallest absolute Gasteiger partial charge is 0.191 e. The van der Waals surface area contributed by atoms with E-state index in [1.54, 1.807) is 0 Å². The number of sulfone groups is 1. The Labute approximate surface area is 170 Å². The maximum Gasteiger partial charge on any atom is 0.191 e. The molecular formula is C21H36N4O2S. The zero-order valence-electron chi connectivity index (χ0n) is 17.6. The number of guanidine groups is 1. The number of hydrogen-bond donors (Lipinski definition) is 2. The van der Waals surface area contributed by atoms with E-state index in [1.807, 2.05) is 0 Å². The van der Waals surface area contributed by atoms with Crippen molar-refractivity contribution in [2.24, 2.45) is 4.99 Å². The van der Waals surface area contributed by atoms with Gasteiger partial charge in [0.25, 0.3) is 0 Å². The van der Waals surface area contributed by atoms with Crippen molar-refractivity contribution in [3.05, 3.63) is 35.4 Å². The van der Waals surface area contributed by atoms with Crippen molar-refractivity contribution in [1.82, 2.24) is 15.5 Å². The molecule has 28 heavy (non-hydrogen) atoms. The van der Waals surface area contributed by atoms with Crippen LogP contribution in [0.15, 0.2) is 29.3 Å². The lowest BCUT2D eigenvalue weighted by Crippen LogP contribution is -2.49. The van der Waals surface area contributed by atoms with Crippen LogP contribution in [0.1, 0.15) is 37.8 Å². The SMILES string of the molecule is CCNC(=NCCc1ccc(CC)cc1)NC1CCN(CCS(C)(=O)=O)CC1. The summed E-state index contributed by atoms with van der Waals surface area (Å²) in [7, 11) is -2.89. The monoisotopic (exact) mass is 408 g/mol. The van der Waals surface area contributed by atoms with Gasteiger partial charge >= 0.3 is 0 Å². The van der Waals surface area contributed by atoms with Gasteiger partial charge in [-0.05, 0) is 43.7 Å². The van der Waals surface area contributed by atoms with E-state index >= 15 is 0 Å². The first-order valence-corrected chi connectivity index (χ1v) is 12.5. The first-order valence-electron chi connectivity index (χ1n) is 10.4. The van der Waals surface area contributed by atoms with Gasteiger partial charge in [-0.1, -0.05) is 31.2 Å². The number of aliphatic imine (C=N–C) groups is 1. The van der Waals surface area contributed by atoms with Gasteiger partial charge in [-0.25, -0.2) is 8.42 Å². The number of rotatable bonds is 9. The van der Waals surface area contributed by atoms with Crippen LogP contribution in [0.2, 0.25) is 0 Å². The highest BCUT2D eigenvalue weighted by Crippen LogP contribution is 2.10. The standard InChI is InChI=1S/C21H36N4O2S/c1-4-18-6-8-19(9-7-18)10-13-23-21(22-5-2)24-20-11-14-25(15-12-20)16-17-28(3,26)27/h6-9,20H,4-5,10-17H2,1-3H3,(H2,22,23,24). The number of likely N-dealkylation sites (tertiary alicyclic amines) is 1. The van der Waals surface area contributed by atoms with Gasteiger partial charge in [-0.3, -0.25) is 4.99 Å². The van der Waals surface area contributed by atoms with E-state index in [-0.39, 0.29) is 5.75 Å². The molecule has 0 radical (unpaired) electrons. The van der Waals surface area contributed by atoms with Crippen molar-refractivity contribution >= 4 is 15.8 Å². The van der Waals surface area contributed by atoms with Crippen molar-refractivity contribution in [2.75, 3.05) is 44.7 Å². The Bertz CT molecular complexity index is 708. The van der Waals surface area contributed by atoms with Crippen LogP contribution in [0, 0.1) is 0 Å². The van der Waals surface area contributed by atoms with Crippen LogP contribution in [0.25, 0.3) is 0 Å². The Balaban J connectivity index is 1.77. The molecule has 1 aliphatic rings. The number of hydrogen-bond acceptors (Lipinski definition) is 4. The molecule has 1 aromatic carbocycles. The molecule has 6 nitrogen and oxygen atoms in total. The Morgan fingerprint density at radius 1 is 1.14 bits per heavy atom. The van der Waals surface area contributed by atoms with Crippen molar-refractivity contribution in [2.45, 2.75) is 45.6 Å². The first-order chi connectivity index (χ1) is 13.4. The molecule has 158 valence electrons. The molecule has 0 unspecified atom stereocenters. The van der Waals surface area contributed by atoms with E-state index in [9.17, 15) is 8.42 Å². The van der Waals surface area contributed by atoms with Gasteiger partial charge in [0.1, 0.15) is 9.84 Å². The maximum atomic E-state index is 11.3. The van der Waals surface area contributed by atoms with Crippen LogP contribution in [-0.2, 0) is 22.7 Å². The minimum atomic E-state index is -2.89. The third-order valence-electron chi connectivity index (χ3n) is 5.15. The van der Waals surface area contributed by atoms with E-state index < -0.39 is 9.84 Å². The number of piperidine rings is 1. The summed E-state index contributed by atoms with van der Waals surface area (Å²) >= 11 is 0. The zero-order chi connectivity index (χ0) is 20.4. The lowest BCUT2D eigenvalue weighted by atomic mass is 10.1. The van der Waals surface area contributed by atoms with Crippen molar-refractivity contribution < 1.29 is 8.42 Å². The Hall–Kier alpha value is -1.60. The highest BCUT2D eigenvalue weighted by atomic mass is 32.2. The quantitative estimate of drug-likeness (QED) is 0.482. The summed E-state index contributed by atoms with van der Waals surface area (Å²) in [6.07, 6.45) is 5.32. The van der Waals surface area contributed by atoms with Gasteiger partial charge in [-0.2, -0.15) is 0 Å². The van der Waals surface area contributed by atoms with E-state index in [2.05, 4.69) is 53.6 Å². The second-order valence-electron chi connectivity index (χ2n) is 7.57. The molecule has 0 bridgehead atoms. The number of nitrogens with zero attached hydrogens (tertiary/aromatic N) is 2. The van der Waals surface area contributed by atoms with E-state index in [0.29, 0.717) is 12.6 Å². The second-order valence-corrected chi connectivity index (χ2v) is 9.83. The molecule has 1 saturated heterocycles. The van der Waals surface area contributed by atoms with E-state index in [0.717, 1.165) is 57.8 Å². The molecule has 0 amide bonds. The van der Waals surface area contributed by atoms with Crippen LogP contribution < -0.4 is 10.6 Å². The highest BCUT2D eigenvalue weighted by Gasteiger charge is 2.20. The van der Waals surface area contributed by atoms with Crippen LogP contribution in [-0.4, -0.2) is 70.1 Å². The van der Waals surface area contributed by atoms with Crippen LogP contribution in [0.3, 0.4) is 0 Å². The fourth-order valence-corrected chi connectivity index (χ4v) is 3.94. The Kier molecular flexibility index (Phi) is 9.25. The average molecular weight is 409 g/mol. The first kappa shape index (κ1) is 22.7. The van der Waals surface area contributed by atoms with E-state index in [4.69, 9.17) is 4.99 Å². The largest absolute Gasteiger partial charge is 0.357 e. The van der Waals surface area contributed by atoms with Gasteiger partial charge in [-0.15, -0.1) is 0 Å². The lowest BCUT2D eigenvalue weighted by molar-refractivity contribution is 0.216. The van der Waals surface area contributed by atoms with Crippen LogP contribution in [0.5, 0.6) is 0 Å². The summed E-state index contributed by atoms with van der Waals surface area (Å²) in [6, 6.07) is 9.17. The number of benzene rings is 1. The third-order valence-corrected chi connectivity index (χ3v) is 6.08. The molecular weight excluding hydrogens is 372 g/mol. The third kappa shape index (κ3) is 8.61. The van der Waals surface area contributed by atoms with Crippen molar-refractivity contribution in [1.29, 1.82) is 0 Å². The normalized spacial score (nSPS) is 16.9. The fraction of sp³-hybridized carbons (Fsp3) is 0.667. The molecule has 1 aromatic rings. The van der Waals surface area contributed by atoms with Gasteiger partial charge in [0.05, 0.1) is 5.75 Å². The molecule has 1 fully saturated rings. The average Bonchev–Trinajstić information content (AvgIpc) is 2.67. The fourth-order valence-electron chi connectivity index (χ4n) is 3.35. The minimum Gasteiger partial charge on any atom is -0.357 e. The van der Waals surface area contributed by atoms with Gasteiger partial charge < -0.3 is 15.5 Å². The zero-order valence-corrected chi connectivity index (χ0v) is 18.4. The molecule has 1 heterocycles. The summed E-state index contributed by atoms with van der Waals surface area (Å²) in [5.74, 6) is 1.12. The molecule has 2 N–H and O–H groups in total. The van der Waals surface area contributed by atoms with Crippen LogP contribution >= 0.6 is 0 Å². The molecule has 1 aliphatic heterocycles. The lowest BCUT2D eigenvalue weighted by Gasteiger charge is -2.32.